The molecule has 5 heterocycles. The molecule has 1 unspecified atom stereocenters. The first kappa shape index (κ1) is 17.5. The Balaban J connectivity index is 1.55. The number of nitrogens with two attached hydrogens (primary N) is 1. The highest BCUT2D eigenvalue weighted by Crippen LogP contribution is 2.37. The van der Waals surface area contributed by atoms with Crippen LogP contribution in [-0.2, 0) is 4.74 Å². The molecule has 3 saturated heterocycles. The van der Waals surface area contributed by atoms with Gasteiger partial charge in [-0.3, -0.25) is 0 Å². The lowest BCUT2D eigenvalue weighted by atomic mass is 10.1. The quantitative estimate of drug-likeness (QED) is 0.846. The van der Waals surface area contributed by atoms with E-state index in [-0.39, 0.29) is 31.2 Å². The topological polar surface area (TPSA) is 93.3 Å². The van der Waals surface area contributed by atoms with E-state index in [2.05, 4.69) is 24.8 Å². The maximum Gasteiger partial charge on any atom is 0.269 e. The summed E-state index contributed by atoms with van der Waals surface area (Å²) in [5.41, 5.74) is 6.84. The van der Waals surface area contributed by atoms with Crippen LogP contribution in [0.5, 0.6) is 0 Å². The molecule has 3 fully saturated rings. The molecule has 2 N–H and O–H groups in total. The summed E-state index contributed by atoms with van der Waals surface area (Å²) in [4.78, 5) is 21.0. The number of ether oxygens (including phenoxy) is 1. The van der Waals surface area contributed by atoms with Gasteiger partial charge in [0.15, 0.2) is 0 Å². The first-order chi connectivity index (χ1) is 13.4. The van der Waals surface area contributed by atoms with E-state index in [1.807, 2.05) is 6.07 Å². The fourth-order valence-corrected chi connectivity index (χ4v) is 4.10. The summed E-state index contributed by atoms with van der Waals surface area (Å²) in [6, 6.07) is 2.11. The largest absolute Gasteiger partial charge is 0.374 e. The van der Waals surface area contributed by atoms with Crippen molar-refractivity contribution < 1.29 is 13.5 Å². The Morgan fingerprint density at radius 3 is 2.61 bits per heavy atom. The Kier molecular flexibility index (Phi) is 3.87. The third kappa shape index (κ3) is 2.92. The van der Waals surface area contributed by atoms with Crippen LogP contribution in [0.25, 0.3) is 11.3 Å². The monoisotopic (exact) mass is 389 g/mol. The number of hydrogen-bond acceptors (Lipinski definition) is 8. The molecule has 148 valence electrons. The van der Waals surface area contributed by atoms with Crippen molar-refractivity contribution in [2.45, 2.75) is 31.4 Å². The summed E-state index contributed by atoms with van der Waals surface area (Å²) < 4.78 is 33.9. The molecular weight excluding hydrogens is 368 g/mol. The van der Waals surface area contributed by atoms with E-state index < -0.39 is 11.8 Å². The van der Waals surface area contributed by atoms with Gasteiger partial charge in [0.05, 0.1) is 31.0 Å². The number of alkyl halides is 2. The molecule has 10 heteroatoms. The number of aromatic nitrogens is 4. The van der Waals surface area contributed by atoms with Gasteiger partial charge >= 0.3 is 0 Å². The maximum atomic E-state index is 14.1. The van der Waals surface area contributed by atoms with E-state index in [1.165, 1.54) is 0 Å². The summed E-state index contributed by atoms with van der Waals surface area (Å²) in [6.45, 7) is 2.78. The summed E-state index contributed by atoms with van der Waals surface area (Å²) in [5, 5.41) is 0. The van der Waals surface area contributed by atoms with Crippen molar-refractivity contribution in [3.05, 3.63) is 18.5 Å². The van der Waals surface area contributed by atoms with Crippen LogP contribution >= 0.6 is 0 Å². The lowest BCUT2D eigenvalue weighted by molar-refractivity contribution is -0.0138. The van der Waals surface area contributed by atoms with E-state index >= 15 is 0 Å². The number of morpholine rings is 1. The predicted octanol–water partition coefficient (Wildman–Crippen LogP) is 1.58. The molecule has 0 amide bonds. The van der Waals surface area contributed by atoms with E-state index in [9.17, 15) is 8.78 Å². The first-order valence-electron chi connectivity index (χ1n) is 9.37. The number of nitrogens with zero attached hydrogens (tertiary/aromatic N) is 6. The molecule has 0 saturated carbocycles. The normalized spacial score (nSPS) is 28.3. The fraction of sp³-hybridized carbons (Fsp3) is 0.556. The second-order valence-electron chi connectivity index (χ2n) is 7.78. The van der Waals surface area contributed by atoms with Crippen LogP contribution in [0.3, 0.4) is 0 Å². The molecule has 8 nitrogen and oxygen atoms in total. The number of hydrogen-bond donors (Lipinski definition) is 1. The standard InChI is InChI=1S/C18H21F2N7O/c1-10-6-26(9-18(10,19)20)17-24-14(11-4-22-16(21)23-5-11)3-15(25-17)27-7-13-2-12(27)8-28-13/h3-5,10,12-13H,2,6-9H2,1H3,(H2,21,22,23)/t10?,12-,13-/m0/s1. The van der Waals surface area contributed by atoms with Crippen molar-refractivity contribution >= 4 is 17.7 Å². The molecule has 3 aliphatic rings. The number of rotatable bonds is 3. The van der Waals surface area contributed by atoms with Crippen molar-refractivity contribution in [2.24, 2.45) is 5.92 Å². The van der Waals surface area contributed by atoms with Crippen molar-refractivity contribution in [3.63, 3.8) is 0 Å². The van der Waals surface area contributed by atoms with Crippen LogP contribution in [0.4, 0.5) is 26.5 Å². The van der Waals surface area contributed by atoms with Crippen LogP contribution in [-0.4, -0.2) is 64.2 Å². The van der Waals surface area contributed by atoms with Gasteiger partial charge in [-0.1, -0.05) is 6.92 Å². The third-order valence-corrected chi connectivity index (χ3v) is 5.76. The molecule has 2 aromatic heterocycles. The first-order valence-corrected chi connectivity index (χ1v) is 9.37. The summed E-state index contributed by atoms with van der Waals surface area (Å²) in [7, 11) is 0. The highest BCUT2D eigenvalue weighted by Gasteiger charge is 2.46. The van der Waals surface area contributed by atoms with E-state index in [1.54, 1.807) is 24.2 Å². The van der Waals surface area contributed by atoms with Gasteiger partial charge in [0.2, 0.25) is 11.9 Å². The zero-order valence-corrected chi connectivity index (χ0v) is 15.4. The molecular formula is C18H21F2N7O. The molecule has 28 heavy (non-hydrogen) atoms. The van der Waals surface area contributed by atoms with E-state index in [0.29, 0.717) is 23.8 Å². The molecule has 0 aliphatic carbocycles. The molecule has 5 rings (SSSR count). The molecule has 2 aromatic rings. The number of nitrogen functional groups attached to an aromatic ring is 1. The Bertz CT molecular complexity index is 894. The van der Waals surface area contributed by atoms with Crippen LogP contribution in [0.1, 0.15) is 13.3 Å². The molecule has 0 spiro atoms. The van der Waals surface area contributed by atoms with Crippen molar-refractivity contribution in [2.75, 3.05) is 41.8 Å². The van der Waals surface area contributed by atoms with Crippen LogP contribution in [0.15, 0.2) is 18.5 Å². The average Bonchev–Trinajstić information content (AvgIpc) is 3.37. The highest BCUT2D eigenvalue weighted by atomic mass is 19.3. The zero-order valence-electron chi connectivity index (χ0n) is 15.4. The molecule has 0 aromatic carbocycles. The van der Waals surface area contributed by atoms with Crippen molar-refractivity contribution in [1.29, 1.82) is 0 Å². The van der Waals surface area contributed by atoms with Gasteiger partial charge in [-0.2, -0.15) is 4.98 Å². The van der Waals surface area contributed by atoms with Crippen molar-refractivity contribution in [1.82, 2.24) is 19.9 Å². The molecule has 2 bridgehead atoms. The van der Waals surface area contributed by atoms with Gasteiger partial charge in [-0.15, -0.1) is 0 Å². The lowest BCUT2D eigenvalue weighted by Crippen LogP contribution is -2.38. The predicted molar refractivity (Wildman–Crippen MR) is 99.3 cm³/mol. The van der Waals surface area contributed by atoms with Crippen LogP contribution < -0.4 is 15.5 Å². The lowest BCUT2D eigenvalue weighted by Gasteiger charge is -2.29. The average molecular weight is 389 g/mol. The highest BCUT2D eigenvalue weighted by molar-refractivity contribution is 5.65. The minimum absolute atomic E-state index is 0.167. The van der Waals surface area contributed by atoms with Crippen LogP contribution in [0, 0.1) is 5.92 Å². The molecule has 0 radical (unpaired) electrons. The minimum atomic E-state index is -2.76. The number of fused-ring (bicyclic) bond motifs is 2. The Morgan fingerprint density at radius 1 is 1.21 bits per heavy atom. The Morgan fingerprint density at radius 2 is 2.00 bits per heavy atom. The van der Waals surface area contributed by atoms with Gasteiger partial charge in [0.1, 0.15) is 5.82 Å². The number of halogens is 2. The maximum absolute atomic E-state index is 14.1. The third-order valence-electron chi connectivity index (χ3n) is 5.76. The zero-order chi connectivity index (χ0) is 19.5. The smallest absolute Gasteiger partial charge is 0.269 e. The van der Waals surface area contributed by atoms with E-state index in [0.717, 1.165) is 18.8 Å². The molecule has 3 atom stereocenters. The van der Waals surface area contributed by atoms with Gasteiger partial charge in [-0.25, -0.2) is 23.7 Å². The summed E-state index contributed by atoms with van der Waals surface area (Å²) >= 11 is 0. The SMILES string of the molecule is CC1CN(c2nc(-c3cnc(N)nc3)cc(N3C[C@@H]4C[C@H]3CO4)n2)CC1(F)F. The Hall–Kier alpha value is -2.62. The second kappa shape index (κ2) is 6.20. The van der Waals surface area contributed by atoms with Gasteiger partial charge < -0.3 is 20.3 Å². The fourth-order valence-electron chi connectivity index (χ4n) is 4.10. The van der Waals surface area contributed by atoms with Crippen molar-refractivity contribution in [3.8, 4) is 11.3 Å². The second-order valence-corrected chi connectivity index (χ2v) is 7.78. The summed E-state index contributed by atoms with van der Waals surface area (Å²) in [5.74, 6) is -2.32. The van der Waals surface area contributed by atoms with Gasteiger partial charge in [-0.05, 0) is 6.42 Å². The summed E-state index contributed by atoms with van der Waals surface area (Å²) in [6.07, 6.45) is 4.32. The van der Waals surface area contributed by atoms with E-state index in [4.69, 9.17) is 10.5 Å². The number of anilines is 3. The Labute approximate surface area is 160 Å². The molecule has 3 aliphatic heterocycles. The van der Waals surface area contributed by atoms with Gasteiger partial charge in [0.25, 0.3) is 5.92 Å². The van der Waals surface area contributed by atoms with Gasteiger partial charge in [0, 0.05) is 43.0 Å². The van der Waals surface area contributed by atoms with Crippen LogP contribution in [0.2, 0.25) is 0 Å². The minimum Gasteiger partial charge on any atom is -0.374 e.